The van der Waals surface area contributed by atoms with Crippen LogP contribution in [0.15, 0.2) is 47.5 Å². The summed E-state index contributed by atoms with van der Waals surface area (Å²) in [6.07, 6.45) is 0.890. The van der Waals surface area contributed by atoms with Crippen LogP contribution >= 0.6 is 24.0 Å². The van der Waals surface area contributed by atoms with Gasteiger partial charge in [0.2, 0.25) is 5.91 Å². The quantitative estimate of drug-likeness (QED) is 0.355. The molecule has 3 rings (SSSR count). The third-order valence-electron chi connectivity index (χ3n) is 4.55. The Hall–Kier alpha value is -2.49. The topological polar surface area (TPSA) is 75.2 Å². The fourth-order valence-corrected chi connectivity index (χ4v) is 3.19. The summed E-state index contributed by atoms with van der Waals surface area (Å²) in [7, 11) is 3.26. The summed E-state index contributed by atoms with van der Waals surface area (Å²) in [4.78, 5) is 18.6. The van der Waals surface area contributed by atoms with E-state index in [9.17, 15) is 4.79 Å². The smallest absolute Gasteiger partial charge is 0.246 e. The van der Waals surface area contributed by atoms with E-state index in [1.807, 2.05) is 48.2 Å². The molecule has 0 atom stereocenters. The molecule has 0 bridgehead atoms. The monoisotopic (exact) mass is 510 g/mol. The summed E-state index contributed by atoms with van der Waals surface area (Å²) < 4.78 is 10.9. The largest absolute Gasteiger partial charge is 0.493 e. The van der Waals surface area contributed by atoms with Crippen LogP contribution in [-0.4, -0.2) is 45.7 Å². The summed E-state index contributed by atoms with van der Waals surface area (Å²) >= 11 is 0. The van der Waals surface area contributed by atoms with Gasteiger partial charge in [0.1, 0.15) is 0 Å². The van der Waals surface area contributed by atoms with Crippen LogP contribution < -0.4 is 25.0 Å². The third kappa shape index (κ3) is 5.53. The molecular formula is C21H27IN4O3. The number of fused-ring (bicyclic) bond motifs is 1. The zero-order valence-electron chi connectivity index (χ0n) is 16.9. The maximum Gasteiger partial charge on any atom is 0.246 e. The molecule has 0 spiro atoms. The number of carbonyl (C=O) groups is 1. The number of hydrogen-bond acceptors (Lipinski definition) is 4. The van der Waals surface area contributed by atoms with Crippen molar-refractivity contribution in [3.63, 3.8) is 0 Å². The first-order valence-corrected chi connectivity index (χ1v) is 9.33. The second-order valence-electron chi connectivity index (χ2n) is 6.27. The van der Waals surface area contributed by atoms with Gasteiger partial charge in [-0.3, -0.25) is 9.79 Å². The lowest BCUT2D eigenvalue weighted by atomic mass is 10.2. The molecule has 8 heteroatoms. The van der Waals surface area contributed by atoms with E-state index in [2.05, 4.69) is 21.7 Å². The minimum Gasteiger partial charge on any atom is -0.493 e. The predicted molar refractivity (Wildman–Crippen MR) is 127 cm³/mol. The number of nitrogens with one attached hydrogen (secondary N) is 2. The summed E-state index contributed by atoms with van der Waals surface area (Å²) in [5.41, 5.74) is 2.99. The fraction of sp³-hybridized carbons (Fsp3) is 0.333. The Morgan fingerprint density at radius 2 is 2.00 bits per heavy atom. The highest BCUT2D eigenvalue weighted by Gasteiger charge is 2.23. The van der Waals surface area contributed by atoms with Crippen LogP contribution in [0.1, 0.15) is 12.5 Å². The Bertz CT molecular complexity index is 873. The number of hydrogen-bond donors (Lipinski definition) is 2. The Labute approximate surface area is 188 Å². The van der Waals surface area contributed by atoms with Gasteiger partial charge in [0, 0.05) is 31.0 Å². The lowest BCUT2D eigenvalue weighted by Gasteiger charge is -2.19. The molecule has 0 radical (unpaired) electrons. The van der Waals surface area contributed by atoms with Crippen LogP contribution in [0.3, 0.4) is 0 Å². The van der Waals surface area contributed by atoms with Crippen molar-refractivity contribution in [1.82, 2.24) is 5.32 Å². The van der Waals surface area contributed by atoms with E-state index in [4.69, 9.17) is 9.47 Å². The van der Waals surface area contributed by atoms with Crippen molar-refractivity contribution in [1.29, 1.82) is 0 Å². The van der Waals surface area contributed by atoms with Crippen molar-refractivity contribution >= 4 is 47.2 Å². The molecule has 0 saturated carbocycles. The predicted octanol–water partition coefficient (Wildman–Crippen LogP) is 3.29. The van der Waals surface area contributed by atoms with Gasteiger partial charge in [0.05, 0.1) is 20.3 Å². The van der Waals surface area contributed by atoms with Gasteiger partial charge < -0.3 is 25.0 Å². The third-order valence-corrected chi connectivity index (χ3v) is 4.55. The number of methoxy groups -OCH3 is 1. The van der Waals surface area contributed by atoms with Crippen molar-refractivity contribution < 1.29 is 14.3 Å². The molecule has 0 fully saturated rings. The standard InChI is InChI=1S/C21H26N4O3.HI/c1-4-28-18-10-9-16(13-19(18)27-3)24-21(22-2)23-14-20(26)25-12-11-15-7-5-6-8-17(15)25;/h5-10,13H,4,11-12,14H2,1-3H3,(H2,22,23,24);1H. The maximum absolute atomic E-state index is 12.6. The number of aliphatic imine (C=N–C) groups is 1. The highest BCUT2D eigenvalue weighted by Crippen LogP contribution is 2.30. The molecule has 1 aliphatic heterocycles. The van der Waals surface area contributed by atoms with Gasteiger partial charge >= 0.3 is 0 Å². The zero-order valence-corrected chi connectivity index (χ0v) is 19.2. The van der Waals surface area contributed by atoms with E-state index in [-0.39, 0.29) is 36.4 Å². The molecule has 2 aromatic rings. The van der Waals surface area contributed by atoms with E-state index in [1.165, 1.54) is 5.56 Å². The van der Waals surface area contributed by atoms with Gasteiger partial charge in [-0.05, 0) is 37.1 Å². The van der Waals surface area contributed by atoms with Gasteiger partial charge in [-0.15, -0.1) is 24.0 Å². The number of halogens is 1. The molecule has 0 aliphatic carbocycles. The maximum atomic E-state index is 12.6. The number of guanidine groups is 1. The second kappa shape index (κ2) is 10.9. The molecule has 1 aliphatic rings. The van der Waals surface area contributed by atoms with Gasteiger partial charge in [-0.1, -0.05) is 18.2 Å². The first-order valence-electron chi connectivity index (χ1n) is 9.33. The molecule has 2 aromatic carbocycles. The number of ether oxygens (including phenoxy) is 2. The lowest BCUT2D eigenvalue weighted by Crippen LogP contribution is -2.41. The molecule has 2 N–H and O–H groups in total. The zero-order chi connectivity index (χ0) is 19.9. The first kappa shape index (κ1) is 22.8. The summed E-state index contributed by atoms with van der Waals surface area (Å²) in [6, 6.07) is 13.6. The SMILES string of the molecule is CCOc1ccc(NC(=NC)NCC(=O)N2CCc3ccccc32)cc1OC.I. The average Bonchev–Trinajstić information content (AvgIpc) is 3.16. The molecular weight excluding hydrogens is 483 g/mol. The van der Waals surface area contributed by atoms with Gasteiger partial charge in [0.15, 0.2) is 17.5 Å². The Morgan fingerprint density at radius 3 is 2.72 bits per heavy atom. The highest BCUT2D eigenvalue weighted by atomic mass is 127. The summed E-state index contributed by atoms with van der Waals surface area (Å²) in [6.45, 7) is 3.35. The molecule has 0 unspecified atom stereocenters. The van der Waals surface area contributed by atoms with E-state index in [1.54, 1.807) is 14.2 Å². The highest BCUT2D eigenvalue weighted by molar-refractivity contribution is 14.0. The van der Waals surface area contributed by atoms with Gasteiger partial charge in [0.25, 0.3) is 0 Å². The molecule has 1 heterocycles. The van der Waals surface area contributed by atoms with Crippen LogP contribution in [-0.2, 0) is 11.2 Å². The van der Waals surface area contributed by atoms with Crippen molar-refractivity contribution in [3.8, 4) is 11.5 Å². The molecule has 1 amide bonds. The van der Waals surface area contributed by atoms with Crippen molar-refractivity contribution in [2.24, 2.45) is 4.99 Å². The Balaban J connectivity index is 0.00000300. The number of benzene rings is 2. The minimum absolute atomic E-state index is 0. The number of para-hydroxylation sites is 1. The van der Waals surface area contributed by atoms with Crippen molar-refractivity contribution in [2.45, 2.75) is 13.3 Å². The minimum atomic E-state index is 0. The molecule has 0 aromatic heterocycles. The van der Waals surface area contributed by atoms with Crippen LogP contribution in [0, 0.1) is 0 Å². The van der Waals surface area contributed by atoms with Crippen LogP contribution in [0.2, 0.25) is 0 Å². The summed E-state index contributed by atoms with van der Waals surface area (Å²) in [5, 5.41) is 6.25. The number of nitrogens with zero attached hydrogens (tertiary/aromatic N) is 2. The number of amides is 1. The van der Waals surface area contributed by atoms with E-state index in [0.717, 1.165) is 17.8 Å². The second-order valence-corrected chi connectivity index (χ2v) is 6.27. The Kier molecular flexibility index (Phi) is 8.56. The number of rotatable bonds is 6. The summed E-state index contributed by atoms with van der Waals surface area (Å²) in [5.74, 6) is 1.83. The van der Waals surface area contributed by atoms with Crippen molar-refractivity contribution in [2.75, 3.05) is 44.1 Å². The van der Waals surface area contributed by atoms with Gasteiger partial charge in [-0.25, -0.2) is 0 Å². The number of anilines is 2. The van der Waals surface area contributed by atoms with E-state index < -0.39 is 0 Å². The average molecular weight is 510 g/mol. The van der Waals surface area contributed by atoms with Crippen LogP contribution in [0.5, 0.6) is 11.5 Å². The molecule has 29 heavy (non-hydrogen) atoms. The van der Waals surface area contributed by atoms with E-state index >= 15 is 0 Å². The van der Waals surface area contributed by atoms with Crippen LogP contribution in [0.4, 0.5) is 11.4 Å². The van der Waals surface area contributed by atoms with Crippen LogP contribution in [0.25, 0.3) is 0 Å². The van der Waals surface area contributed by atoms with Crippen molar-refractivity contribution in [3.05, 3.63) is 48.0 Å². The first-order chi connectivity index (χ1) is 13.7. The lowest BCUT2D eigenvalue weighted by molar-refractivity contribution is -0.117. The Morgan fingerprint density at radius 1 is 1.21 bits per heavy atom. The van der Waals surface area contributed by atoms with E-state index in [0.29, 0.717) is 30.6 Å². The number of carbonyl (C=O) groups excluding carboxylic acids is 1. The normalized spacial score (nSPS) is 12.7. The fourth-order valence-electron chi connectivity index (χ4n) is 3.19. The van der Waals surface area contributed by atoms with Gasteiger partial charge in [-0.2, -0.15) is 0 Å². The molecule has 156 valence electrons. The molecule has 7 nitrogen and oxygen atoms in total. The molecule has 0 saturated heterocycles.